The summed E-state index contributed by atoms with van der Waals surface area (Å²) in [4.78, 5) is 9.00. The maximum atomic E-state index is 8.85. The molecule has 124 valence electrons. The number of hydrogen-bond donors (Lipinski definition) is 0. The number of nitriles is 1. The lowest BCUT2D eigenvalue weighted by Gasteiger charge is -2.27. The molecule has 0 saturated heterocycles. The number of aryl methyl sites for hydroxylation is 1. The molecule has 1 fully saturated rings. The molecule has 0 spiro atoms. The van der Waals surface area contributed by atoms with Gasteiger partial charge >= 0.3 is 0 Å². The standard InChI is InChI=1S/C21H25N3/c1-2-16-3-5-17(6-4-16)7-8-19-14-23-21(24-15-19)20-11-9-18(13-22)10-12-20/h9-12,14-17H,2-8H2,1H3/t16-,17-. The summed E-state index contributed by atoms with van der Waals surface area (Å²) in [5, 5.41) is 8.85. The van der Waals surface area contributed by atoms with E-state index in [2.05, 4.69) is 23.0 Å². The Bertz CT molecular complexity index is 675. The van der Waals surface area contributed by atoms with Gasteiger partial charge in [-0.1, -0.05) is 39.0 Å². The molecule has 24 heavy (non-hydrogen) atoms. The zero-order chi connectivity index (χ0) is 16.8. The van der Waals surface area contributed by atoms with Crippen molar-refractivity contribution in [3.05, 3.63) is 47.8 Å². The average molecular weight is 319 g/mol. The van der Waals surface area contributed by atoms with Crippen LogP contribution in [0.25, 0.3) is 11.4 Å². The summed E-state index contributed by atoms with van der Waals surface area (Å²) in [5.74, 6) is 2.58. The Morgan fingerprint density at radius 1 is 1.00 bits per heavy atom. The molecular formula is C21H25N3. The van der Waals surface area contributed by atoms with E-state index in [1.165, 1.54) is 44.1 Å². The lowest BCUT2D eigenvalue weighted by Crippen LogP contribution is -2.14. The van der Waals surface area contributed by atoms with Crippen LogP contribution in [0.15, 0.2) is 36.7 Å². The fraction of sp³-hybridized carbons (Fsp3) is 0.476. The molecular weight excluding hydrogens is 294 g/mol. The Morgan fingerprint density at radius 3 is 2.21 bits per heavy atom. The van der Waals surface area contributed by atoms with Gasteiger partial charge in [-0.15, -0.1) is 0 Å². The Balaban J connectivity index is 1.54. The van der Waals surface area contributed by atoms with Crippen LogP contribution in [-0.2, 0) is 6.42 Å². The summed E-state index contributed by atoms with van der Waals surface area (Å²) in [7, 11) is 0. The molecule has 0 N–H and O–H groups in total. The van der Waals surface area contributed by atoms with E-state index < -0.39 is 0 Å². The molecule has 0 bridgehead atoms. The van der Waals surface area contributed by atoms with Gasteiger partial charge in [-0.05, 0) is 54.5 Å². The third-order valence-corrected chi connectivity index (χ3v) is 5.36. The maximum absolute atomic E-state index is 8.85. The van der Waals surface area contributed by atoms with Gasteiger partial charge in [0.2, 0.25) is 0 Å². The van der Waals surface area contributed by atoms with Gasteiger partial charge in [0.1, 0.15) is 0 Å². The van der Waals surface area contributed by atoms with E-state index in [4.69, 9.17) is 5.26 Å². The van der Waals surface area contributed by atoms with Crippen molar-refractivity contribution in [2.24, 2.45) is 11.8 Å². The van der Waals surface area contributed by atoms with E-state index in [0.29, 0.717) is 5.56 Å². The molecule has 1 saturated carbocycles. The molecule has 2 aromatic rings. The first kappa shape index (κ1) is 16.6. The van der Waals surface area contributed by atoms with Crippen LogP contribution in [0.2, 0.25) is 0 Å². The van der Waals surface area contributed by atoms with Gasteiger partial charge < -0.3 is 0 Å². The van der Waals surface area contributed by atoms with E-state index in [1.807, 2.05) is 24.5 Å². The Kier molecular flexibility index (Phi) is 5.59. The van der Waals surface area contributed by atoms with Gasteiger partial charge in [0.05, 0.1) is 11.6 Å². The highest BCUT2D eigenvalue weighted by Crippen LogP contribution is 2.33. The fourth-order valence-corrected chi connectivity index (χ4v) is 3.63. The normalized spacial score (nSPS) is 20.5. The number of rotatable bonds is 5. The third kappa shape index (κ3) is 4.20. The van der Waals surface area contributed by atoms with E-state index in [0.717, 1.165) is 29.6 Å². The zero-order valence-electron chi connectivity index (χ0n) is 14.4. The molecule has 1 aliphatic rings. The van der Waals surface area contributed by atoms with Crippen LogP contribution in [0.1, 0.15) is 56.6 Å². The van der Waals surface area contributed by atoms with Gasteiger partial charge in [-0.2, -0.15) is 5.26 Å². The minimum Gasteiger partial charge on any atom is -0.236 e. The van der Waals surface area contributed by atoms with Crippen molar-refractivity contribution in [2.45, 2.75) is 51.9 Å². The Labute approximate surface area is 144 Å². The fourth-order valence-electron chi connectivity index (χ4n) is 3.63. The monoisotopic (exact) mass is 319 g/mol. The highest BCUT2D eigenvalue weighted by atomic mass is 14.9. The molecule has 0 unspecified atom stereocenters. The molecule has 0 amide bonds. The second-order valence-corrected chi connectivity index (χ2v) is 6.94. The first-order valence-electron chi connectivity index (χ1n) is 9.10. The van der Waals surface area contributed by atoms with Gasteiger partial charge in [0, 0.05) is 18.0 Å². The second-order valence-electron chi connectivity index (χ2n) is 6.94. The summed E-state index contributed by atoms with van der Waals surface area (Å²) >= 11 is 0. The molecule has 1 aromatic heterocycles. The third-order valence-electron chi connectivity index (χ3n) is 5.36. The number of benzene rings is 1. The molecule has 0 atom stereocenters. The van der Waals surface area contributed by atoms with Crippen LogP contribution >= 0.6 is 0 Å². The summed E-state index contributed by atoms with van der Waals surface area (Å²) in [6.45, 7) is 2.32. The summed E-state index contributed by atoms with van der Waals surface area (Å²) in [6.07, 6.45) is 13.2. The molecule has 0 radical (unpaired) electrons. The molecule has 0 aliphatic heterocycles. The van der Waals surface area contributed by atoms with Gasteiger partial charge in [-0.3, -0.25) is 0 Å². The molecule has 1 aliphatic carbocycles. The van der Waals surface area contributed by atoms with Crippen molar-refractivity contribution in [3.63, 3.8) is 0 Å². The minimum atomic E-state index is 0.660. The zero-order valence-corrected chi connectivity index (χ0v) is 14.4. The summed E-state index contributed by atoms with van der Waals surface area (Å²) < 4.78 is 0. The van der Waals surface area contributed by atoms with Crippen LogP contribution in [0.5, 0.6) is 0 Å². The first-order valence-corrected chi connectivity index (χ1v) is 9.10. The van der Waals surface area contributed by atoms with Crippen molar-refractivity contribution in [1.29, 1.82) is 5.26 Å². The van der Waals surface area contributed by atoms with Crippen molar-refractivity contribution in [1.82, 2.24) is 9.97 Å². The van der Waals surface area contributed by atoms with Gasteiger partial charge in [0.15, 0.2) is 5.82 Å². The first-order chi connectivity index (χ1) is 11.8. The summed E-state index contributed by atoms with van der Waals surface area (Å²) in [6, 6.07) is 9.54. The Hall–Kier alpha value is -2.21. The van der Waals surface area contributed by atoms with E-state index >= 15 is 0 Å². The van der Waals surface area contributed by atoms with Crippen molar-refractivity contribution >= 4 is 0 Å². The summed E-state index contributed by atoms with van der Waals surface area (Å²) in [5.41, 5.74) is 2.84. The molecule has 3 heteroatoms. The number of aromatic nitrogens is 2. The topological polar surface area (TPSA) is 49.6 Å². The van der Waals surface area contributed by atoms with Crippen LogP contribution in [0.4, 0.5) is 0 Å². The second kappa shape index (κ2) is 8.06. The molecule has 3 rings (SSSR count). The van der Waals surface area contributed by atoms with E-state index in [9.17, 15) is 0 Å². The van der Waals surface area contributed by atoms with Crippen LogP contribution in [-0.4, -0.2) is 9.97 Å². The lowest BCUT2D eigenvalue weighted by atomic mass is 9.79. The lowest BCUT2D eigenvalue weighted by molar-refractivity contribution is 0.258. The maximum Gasteiger partial charge on any atom is 0.159 e. The largest absolute Gasteiger partial charge is 0.236 e. The van der Waals surface area contributed by atoms with Crippen LogP contribution in [0, 0.1) is 23.2 Å². The average Bonchev–Trinajstić information content (AvgIpc) is 2.67. The van der Waals surface area contributed by atoms with Gasteiger partial charge in [-0.25, -0.2) is 9.97 Å². The minimum absolute atomic E-state index is 0.660. The van der Waals surface area contributed by atoms with Crippen molar-refractivity contribution in [2.75, 3.05) is 0 Å². The number of nitrogens with zero attached hydrogens (tertiary/aromatic N) is 3. The van der Waals surface area contributed by atoms with Crippen LogP contribution < -0.4 is 0 Å². The predicted molar refractivity (Wildman–Crippen MR) is 96.2 cm³/mol. The van der Waals surface area contributed by atoms with Crippen molar-refractivity contribution < 1.29 is 0 Å². The van der Waals surface area contributed by atoms with E-state index in [1.54, 1.807) is 12.1 Å². The molecule has 1 aromatic carbocycles. The highest BCUT2D eigenvalue weighted by molar-refractivity contribution is 5.56. The van der Waals surface area contributed by atoms with Gasteiger partial charge in [0.25, 0.3) is 0 Å². The SMILES string of the molecule is CC[C@H]1CC[C@H](CCc2cnc(-c3ccc(C#N)cc3)nc2)CC1. The Morgan fingerprint density at radius 2 is 1.62 bits per heavy atom. The predicted octanol–water partition coefficient (Wildman–Crippen LogP) is 5.16. The quantitative estimate of drug-likeness (QED) is 0.764. The smallest absolute Gasteiger partial charge is 0.159 e. The van der Waals surface area contributed by atoms with Crippen molar-refractivity contribution in [3.8, 4) is 17.5 Å². The molecule has 1 heterocycles. The highest BCUT2D eigenvalue weighted by Gasteiger charge is 2.19. The van der Waals surface area contributed by atoms with E-state index in [-0.39, 0.29) is 0 Å². The molecule has 3 nitrogen and oxygen atoms in total. The van der Waals surface area contributed by atoms with Crippen LogP contribution in [0.3, 0.4) is 0 Å². The number of hydrogen-bond acceptors (Lipinski definition) is 3.